The Balaban J connectivity index is 3.21. The smallest absolute Gasteiger partial charge is 0.243 e. The highest BCUT2D eigenvalue weighted by molar-refractivity contribution is 7.89. The zero-order valence-corrected chi connectivity index (χ0v) is 14.1. The van der Waals surface area contributed by atoms with E-state index < -0.39 is 10.0 Å². The van der Waals surface area contributed by atoms with Crippen LogP contribution in [0.2, 0.25) is 0 Å². The summed E-state index contributed by atoms with van der Waals surface area (Å²) in [6.07, 6.45) is 0. The first kappa shape index (κ1) is 18.1. The Bertz CT molecular complexity index is 556. The van der Waals surface area contributed by atoms with Gasteiger partial charge in [0, 0.05) is 26.7 Å². The Labute approximate surface area is 128 Å². The third-order valence-corrected chi connectivity index (χ3v) is 5.36. The fourth-order valence-electron chi connectivity index (χ4n) is 2.21. The Kier molecular flexibility index (Phi) is 6.80. The van der Waals surface area contributed by atoms with Gasteiger partial charge in [-0.15, -0.1) is 0 Å². The van der Waals surface area contributed by atoms with E-state index >= 15 is 0 Å². The number of methoxy groups -OCH3 is 1. The Morgan fingerprint density at radius 3 is 2.52 bits per heavy atom. The monoisotopic (exact) mass is 314 g/mol. The van der Waals surface area contributed by atoms with E-state index in [0.717, 1.165) is 11.1 Å². The van der Waals surface area contributed by atoms with Gasteiger partial charge in [0.25, 0.3) is 0 Å². The molecule has 1 rings (SSSR count). The van der Waals surface area contributed by atoms with Crippen LogP contribution in [0.1, 0.15) is 25.0 Å². The molecule has 6 heteroatoms. The van der Waals surface area contributed by atoms with Crippen molar-refractivity contribution in [3.63, 3.8) is 0 Å². The summed E-state index contributed by atoms with van der Waals surface area (Å²) >= 11 is 0. The van der Waals surface area contributed by atoms with Crippen LogP contribution in [0.4, 0.5) is 0 Å². The SMILES string of the molecule is COCCN(CC(C)C)S(=O)(=O)c1cccc(CN)c1C. The number of hydrogen-bond donors (Lipinski definition) is 1. The summed E-state index contributed by atoms with van der Waals surface area (Å²) in [7, 11) is -1.96. The quantitative estimate of drug-likeness (QED) is 0.793. The molecule has 21 heavy (non-hydrogen) atoms. The highest BCUT2D eigenvalue weighted by Gasteiger charge is 2.26. The summed E-state index contributed by atoms with van der Waals surface area (Å²) < 4.78 is 32.3. The van der Waals surface area contributed by atoms with Crippen molar-refractivity contribution < 1.29 is 13.2 Å². The van der Waals surface area contributed by atoms with Crippen molar-refractivity contribution in [2.75, 3.05) is 26.8 Å². The normalized spacial score (nSPS) is 12.3. The van der Waals surface area contributed by atoms with Gasteiger partial charge in [0.15, 0.2) is 0 Å². The highest BCUT2D eigenvalue weighted by Crippen LogP contribution is 2.23. The molecule has 0 aliphatic rings. The van der Waals surface area contributed by atoms with Crippen molar-refractivity contribution in [3.05, 3.63) is 29.3 Å². The van der Waals surface area contributed by atoms with Gasteiger partial charge >= 0.3 is 0 Å². The first-order chi connectivity index (χ1) is 9.84. The Morgan fingerprint density at radius 2 is 2.00 bits per heavy atom. The van der Waals surface area contributed by atoms with Gasteiger partial charge in [-0.25, -0.2) is 8.42 Å². The number of nitrogens with zero attached hydrogens (tertiary/aromatic N) is 1. The summed E-state index contributed by atoms with van der Waals surface area (Å²) in [6.45, 7) is 7.33. The first-order valence-corrected chi connectivity index (χ1v) is 8.56. The standard InChI is InChI=1S/C15H26N2O3S/c1-12(2)11-17(8-9-20-4)21(18,19)15-7-5-6-14(10-16)13(15)3/h5-7,12H,8-11,16H2,1-4H3. The summed E-state index contributed by atoms with van der Waals surface area (Å²) in [4.78, 5) is 0.335. The molecule has 1 aromatic carbocycles. The zero-order valence-electron chi connectivity index (χ0n) is 13.3. The predicted molar refractivity (Wildman–Crippen MR) is 84.5 cm³/mol. The maximum absolute atomic E-state index is 12.9. The van der Waals surface area contributed by atoms with Gasteiger partial charge in [-0.3, -0.25) is 0 Å². The van der Waals surface area contributed by atoms with Gasteiger partial charge in [-0.1, -0.05) is 26.0 Å². The predicted octanol–water partition coefficient (Wildman–Crippen LogP) is 1.75. The second kappa shape index (κ2) is 7.89. The third-order valence-electron chi connectivity index (χ3n) is 3.35. The molecule has 0 aliphatic heterocycles. The first-order valence-electron chi connectivity index (χ1n) is 7.12. The third kappa shape index (κ3) is 4.51. The molecule has 0 atom stereocenters. The van der Waals surface area contributed by atoms with Crippen molar-refractivity contribution in [3.8, 4) is 0 Å². The minimum absolute atomic E-state index is 0.245. The molecule has 1 aromatic rings. The second-order valence-corrected chi connectivity index (χ2v) is 7.40. The van der Waals surface area contributed by atoms with E-state index in [-0.39, 0.29) is 5.92 Å². The maximum atomic E-state index is 12.9. The molecular weight excluding hydrogens is 288 g/mol. The molecule has 5 nitrogen and oxygen atoms in total. The van der Waals surface area contributed by atoms with Crippen LogP contribution in [0.5, 0.6) is 0 Å². The zero-order chi connectivity index (χ0) is 16.0. The van der Waals surface area contributed by atoms with Crippen LogP contribution in [0, 0.1) is 12.8 Å². The second-order valence-electron chi connectivity index (χ2n) is 5.49. The maximum Gasteiger partial charge on any atom is 0.243 e. The van der Waals surface area contributed by atoms with Crippen molar-refractivity contribution in [2.45, 2.75) is 32.2 Å². The molecule has 0 spiro atoms. The summed E-state index contributed by atoms with van der Waals surface area (Å²) in [6, 6.07) is 5.24. The topological polar surface area (TPSA) is 72.6 Å². The minimum Gasteiger partial charge on any atom is -0.383 e. The van der Waals surface area contributed by atoms with Crippen molar-refractivity contribution >= 4 is 10.0 Å². The number of rotatable bonds is 8. The average molecular weight is 314 g/mol. The van der Waals surface area contributed by atoms with Gasteiger partial charge < -0.3 is 10.5 Å². The number of benzene rings is 1. The summed E-state index contributed by atoms with van der Waals surface area (Å²) in [5, 5.41) is 0. The van der Waals surface area contributed by atoms with Gasteiger partial charge in [-0.2, -0.15) is 4.31 Å². The van der Waals surface area contributed by atoms with Gasteiger partial charge in [-0.05, 0) is 30.0 Å². The molecule has 0 fully saturated rings. The van der Waals surface area contributed by atoms with E-state index in [2.05, 4.69) is 0 Å². The molecular formula is C15H26N2O3S. The molecule has 120 valence electrons. The molecule has 0 aromatic heterocycles. The van der Waals surface area contributed by atoms with E-state index in [1.54, 1.807) is 26.2 Å². The lowest BCUT2D eigenvalue weighted by Gasteiger charge is -2.25. The lowest BCUT2D eigenvalue weighted by atomic mass is 10.1. The van der Waals surface area contributed by atoms with Gasteiger partial charge in [0.05, 0.1) is 11.5 Å². The molecule has 0 unspecified atom stereocenters. The van der Waals surface area contributed by atoms with E-state index in [0.29, 0.717) is 31.1 Å². The van der Waals surface area contributed by atoms with Crippen LogP contribution < -0.4 is 5.73 Å². The molecule has 0 bridgehead atoms. The fourth-order valence-corrected chi connectivity index (χ4v) is 4.07. The van der Waals surface area contributed by atoms with E-state index in [4.69, 9.17) is 10.5 Å². The molecule has 0 aliphatic carbocycles. The number of sulfonamides is 1. The molecule has 0 radical (unpaired) electrons. The van der Waals surface area contributed by atoms with Crippen LogP contribution >= 0.6 is 0 Å². The summed E-state index contributed by atoms with van der Waals surface area (Å²) in [5.74, 6) is 0.245. The van der Waals surface area contributed by atoms with Crippen molar-refractivity contribution in [2.24, 2.45) is 11.7 Å². The van der Waals surface area contributed by atoms with Crippen LogP contribution in [0.3, 0.4) is 0 Å². The average Bonchev–Trinajstić information content (AvgIpc) is 2.43. The molecule has 2 N–H and O–H groups in total. The minimum atomic E-state index is -3.53. The molecule has 0 saturated heterocycles. The summed E-state index contributed by atoms with van der Waals surface area (Å²) in [5.41, 5.74) is 7.25. The lowest BCUT2D eigenvalue weighted by molar-refractivity contribution is 0.175. The van der Waals surface area contributed by atoms with Crippen molar-refractivity contribution in [1.29, 1.82) is 0 Å². The highest BCUT2D eigenvalue weighted by atomic mass is 32.2. The largest absolute Gasteiger partial charge is 0.383 e. The lowest BCUT2D eigenvalue weighted by Crippen LogP contribution is -2.37. The molecule has 0 saturated carbocycles. The Morgan fingerprint density at radius 1 is 1.33 bits per heavy atom. The Hall–Kier alpha value is -0.950. The van der Waals surface area contributed by atoms with Crippen molar-refractivity contribution in [1.82, 2.24) is 4.31 Å². The van der Waals surface area contributed by atoms with Crippen LogP contribution in [0.15, 0.2) is 23.1 Å². The number of nitrogens with two attached hydrogens (primary N) is 1. The number of ether oxygens (including phenoxy) is 1. The number of hydrogen-bond acceptors (Lipinski definition) is 4. The van der Waals surface area contributed by atoms with Gasteiger partial charge in [0.2, 0.25) is 10.0 Å². The molecule has 0 amide bonds. The van der Waals surface area contributed by atoms with Crippen LogP contribution in [0.25, 0.3) is 0 Å². The van der Waals surface area contributed by atoms with E-state index in [1.807, 2.05) is 19.9 Å². The van der Waals surface area contributed by atoms with E-state index in [1.165, 1.54) is 4.31 Å². The van der Waals surface area contributed by atoms with Crippen LogP contribution in [-0.4, -0.2) is 39.5 Å². The van der Waals surface area contributed by atoms with Crippen LogP contribution in [-0.2, 0) is 21.3 Å². The molecule has 0 heterocycles. The van der Waals surface area contributed by atoms with Gasteiger partial charge in [0.1, 0.15) is 0 Å². The van der Waals surface area contributed by atoms with E-state index in [9.17, 15) is 8.42 Å². The fraction of sp³-hybridized carbons (Fsp3) is 0.600.